The number of piperidine rings is 1. The molecule has 0 unspecified atom stereocenters. The van der Waals surface area contributed by atoms with Crippen molar-refractivity contribution in [2.45, 2.75) is 38.2 Å². The van der Waals surface area contributed by atoms with Crippen molar-refractivity contribution in [1.82, 2.24) is 10.2 Å². The van der Waals surface area contributed by atoms with Crippen molar-refractivity contribution in [2.24, 2.45) is 0 Å². The summed E-state index contributed by atoms with van der Waals surface area (Å²) in [4.78, 5) is 50.4. The number of amides is 2. The summed E-state index contributed by atoms with van der Waals surface area (Å²) in [6, 6.07) is 18.8. The van der Waals surface area contributed by atoms with Crippen LogP contribution in [0.2, 0.25) is 5.02 Å². The van der Waals surface area contributed by atoms with Gasteiger partial charge in [-0.15, -0.1) is 0 Å². The number of benzene rings is 3. The van der Waals surface area contributed by atoms with Crippen LogP contribution >= 0.6 is 11.6 Å². The van der Waals surface area contributed by atoms with Gasteiger partial charge in [0.15, 0.2) is 0 Å². The number of aliphatic carboxylic acids is 1. The summed E-state index contributed by atoms with van der Waals surface area (Å²) in [5, 5.41) is 20.5. The van der Waals surface area contributed by atoms with Gasteiger partial charge in [-0.3, -0.25) is 9.59 Å². The molecule has 2 heterocycles. The van der Waals surface area contributed by atoms with Crippen LogP contribution in [0.15, 0.2) is 66.7 Å². The van der Waals surface area contributed by atoms with E-state index in [1.807, 2.05) is 24.3 Å². The molecule has 5 rings (SSSR count). The second kappa shape index (κ2) is 14.4. The average Bonchev–Trinajstić information content (AvgIpc) is 3.14. The van der Waals surface area contributed by atoms with Crippen molar-refractivity contribution < 1.29 is 47.3 Å². The summed E-state index contributed by atoms with van der Waals surface area (Å²) < 4.78 is 37.8. The van der Waals surface area contributed by atoms with Crippen LogP contribution in [0, 0.1) is 0 Å². The Labute approximate surface area is 261 Å². The zero-order chi connectivity index (χ0) is 32.7. The number of aromatic carboxylic acids is 1. The van der Waals surface area contributed by atoms with Crippen LogP contribution in [0.4, 0.5) is 18.9 Å². The van der Waals surface area contributed by atoms with Gasteiger partial charge in [0.05, 0.1) is 12.1 Å². The predicted octanol–water partition coefficient (Wildman–Crippen LogP) is 4.99. The number of carboxylic acids is 2. The topological polar surface area (TPSA) is 136 Å². The Kier molecular flexibility index (Phi) is 10.7. The molecule has 0 radical (unpaired) electrons. The smallest absolute Gasteiger partial charge is 0.490 e. The number of ether oxygens (including phenoxy) is 1. The van der Waals surface area contributed by atoms with Crippen LogP contribution in [0.1, 0.15) is 44.7 Å². The van der Waals surface area contributed by atoms with Crippen LogP contribution in [-0.4, -0.2) is 70.8 Å². The molecule has 2 aliphatic rings. The molecule has 14 heteroatoms. The van der Waals surface area contributed by atoms with Crippen molar-refractivity contribution in [2.75, 3.05) is 24.5 Å². The lowest BCUT2D eigenvalue weighted by Gasteiger charge is -2.25. The number of hydrogen-bond donors (Lipinski definition) is 3. The first-order valence-corrected chi connectivity index (χ1v) is 14.2. The summed E-state index contributed by atoms with van der Waals surface area (Å²) in [5.74, 6) is -3.67. The van der Waals surface area contributed by atoms with Crippen molar-refractivity contribution in [3.05, 3.63) is 94.0 Å². The monoisotopic (exact) mass is 647 g/mol. The fourth-order valence-corrected chi connectivity index (χ4v) is 4.91. The molecule has 0 aliphatic carbocycles. The van der Waals surface area contributed by atoms with Crippen molar-refractivity contribution in [3.8, 4) is 5.75 Å². The van der Waals surface area contributed by atoms with E-state index in [4.69, 9.17) is 26.2 Å². The van der Waals surface area contributed by atoms with Gasteiger partial charge in [-0.25, -0.2) is 9.59 Å². The Morgan fingerprint density at radius 1 is 0.911 bits per heavy atom. The van der Waals surface area contributed by atoms with E-state index in [1.165, 1.54) is 17.0 Å². The molecule has 2 amide bonds. The highest BCUT2D eigenvalue weighted by Crippen LogP contribution is 2.30. The molecule has 0 spiro atoms. The second-order valence-corrected chi connectivity index (χ2v) is 10.7. The molecule has 0 saturated carbocycles. The number of fused-ring (bicyclic) bond motifs is 1. The molecule has 1 saturated heterocycles. The number of carboxylic acid groups (broad SMARTS) is 2. The molecule has 3 N–H and O–H groups in total. The van der Waals surface area contributed by atoms with Gasteiger partial charge in [0.25, 0.3) is 5.91 Å². The summed E-state index contributed by atoms with van der Waals surface area (Å²) >= 11 is 5.97. The van der Waals surface area contributed by atoms with Gasteiger partial charge < -0.3 is 30.1 Å². The van der Waals surface area contributed by atoms with Crippen LogP contribution in [0.25, 0.3) is 0 Å². The van der Waals surface area contributed by atoms with Gasteiger partial charge in [-0.05, 0) is 85.6 Å². The van der Waals surface area contributed by atoms with E-state index >= 15 is 0 Å². The average molecular weight is 648 g/mol. The minimum atomic E-state index is -5.08. The first-order valence-electron chi connectivity index (χ1n) is 13.8. The number of carbonyl (C=O) groups excluding carboxylic acids is 2. The zero-order valence-electron chi connectivity index (χ0n) is 23.7. The number of nitrogens with one attached hydrogen (secondary N) is 1. The number of halogens is 4. The highest BCUT2D eigenvalue weighted by molar-refractivity contribution is 6.30. The molecule has 2 aliphatic heterocycles. The number of carbonyl (C=O) groups is 4. The third-order valence-electron chi connectivity index (χ3n) is 7.09. The second-order valence-electron chi connectivity index (χ2n) is 10.3. The van der Waals surface area contributed by atoms with Crippen LogP contribution in [0.3, 0.4) is 0 Å². The largest absolute Gasteiger partial charge is 0.490 e. The molecule has 1 fully saturated rings. The Bertz CT molecular complexity index is 1540. The maximum atomic E-state index is 13.5. The molecule has 10 nitrogen and oxygen atoms in total. The number of nitrogens with zero attached hydrogens (tertiary/aromatic N) is 2. The molecular formula is C31H29ClF3N3O7. The number of anilines is 1. The van der Waals surface area contributed by atoms with Gasteiger partial charge in [0, 0.05) is 22.8 Å². The lowest BCUT2D eigenvalue weighted by molar-refractivity contribution is -0.192. The Morgan fingerprint density at radius 2 is 1.51 bits per heavy atom. The van der Waals surface area contributed by atoms with Crippen LogP contribution in [-0.2, 0) is 22.7 Å². The van der Waals surface area contributed by atoms with Gasteiger partial charge >= 0.3 is 18.1 Å². The molecule has 3 aromatic rings. The SMILES string of the molecule is O=C(O)C(F)(F)F.O=C(O)c1ccc2c(c1)N(Cc1ccc(OC3CCNCC3)cc1)C(=O)CN(C(=O)c1ccc(Cl)cc1)C2. The third-order valence-corrected chi connectivity index (χ3v) is 7.34. The molecule has 0 bridgehead atoms. The van der Waals surface area contributed by atoms with Crippen LogP contribution < -0.4 is 15.0 Å². The molecular weight excluding hydrogens is 619 g/mol. The third kappa shape index (κ3) is 8.96. The molecule has 45 heavy (non-hydrogen) atoms. The maximum Gasteiger partial charge on any atom is 0.490 e. The quantitative estimate of drug-likeness (QED) is 0.341. The highest BCUT2D eigenvalue weighted by Gasteiger charge is 2.38. The van der Waals surface area contributed by atoms with Gasteiger partial charge in [-0.2, -0.15) is 13.2 Å². The number of hydrogen-bond acceptors (Lipinski definition) is 6. The van der Waals surface area contributed by atoms with E-state index in [-0.39, 0.29) is 43.1 Å². The fraction of sp³-hybridized carbons (Fsp3) is 0.290. The summed E-state index contributed by atoms with van der Waals surface area (Å²) in [6.07, 6.45) is -2.99. The van der Waals surface area contributed by atoms with E-state index in [1.54, 1.807) is 35.2 Å². The van der Waals surface area contributed by atoms with Gasteiger partial charge in [0.1, 0.15) is 18.4 Å². The van der Waals surface area contributed by atoms with E-state index in [0.29, 0.717) is 21.8 Å². The predicted molar refractivity (Wildman–Crippen MR) is 157 cm³/mol. The molecule has 0 atom stereocenters. The Morgan fingerprint density at radius 3 is 2.09 bits per heavy atom. The minimum Gasteiger partial charge on any atom is -0.490 e. The zero-order valence-corrected chi connectivity index (χ0v) is 24.5. The standard InChI is InChI=1S/C29H28ClN3O5.C2HF3O2/c30-23-7-5-20(6-8-23)28(35)32-17-22-4-3-21(29(36)37)15-26(22)33(27(34)18-32)16-19-1-9-24(10-2-19)38-25-11-13-31-14-12-25;3-2(4,5)1(6)7/h1-10,15,25,31H,11-14,16-18H2,(H,36,37);(H,6,7). The van der Waals surface area contributed by atoms with Crippen molar-refractivity contribution in [1.29, 1.82) is 0 Å². The minimum absolute atomic E-state index is 0.0738. The van der Waals surface area contributed by atoms with E-state index in [9.17, 15) is 32.7 Å². The lowest BCUT2D eigenvalue weighted by Crippen LogP contribution is -2.39. The first kappa shape index (κ1) is 33.3. The summed E-state index contributed by atoms with van der Waals surface area (Å²) in [6.45, 7) is 2.13. The first-order chi connectivity index (χ1) is 21.3. The summed E-state index contributed by atoms with van der Waals surface area (Å²) in [7, 11) is 0. The normalized spacial score (nSPS) is 15.3. The summed E-state index contributed by atoms with van der Waals surface area (Å²) in [5.41, 5.74) is 2.53. The fourth-order valence-electron chi connectivity index (χ4n) is 4.78. The number of alkyl halides is 3. The highest BCUT2D eigenvalue weighted by atomic mass is 35.5. The van der Waals surface area contributed by atoms with E-state index < -0.39 is 18.1 Å². The maximum absolute atomic E-state index is 13.5. The van der Waals surface area contributed by atoms with Gasteiger partial charge in [-0.1, -0.05) is 29.8 Å². The molecule has 0 aromatic heterocycles. The Hall–Kier alpha value is -4.62. The van der Waals surface area contributed by atoms with Crippen molar-refractivity contribution in [3.63, 3.8) is 0 Å². The van der Waals surface area contributed by atoms with Crippen LogP contribution in [0.5, 0.6) is 5.75 Å². The molecule has 3 aromatic carbocycles. The van der Waals surface area contributed by atoms with Gasteiger partial charge in [0.2, 0.25) is 5.91 Å². The number of rotatable bonds is 6. The molecule has 238 valence electrons. The van der Waals surface area contributed by atoms with Crippen molar-refractivity contribution >= 4 is 41.0 Å². The van der Waals surface area contributed by atoms with E-state index in [2.05, 4.69) is 5.32 Å². The van der Waals surface area contributed by atoms with E-state index in [0.717, 1.165) is 37.2 Å². The lowest BCUT2D eigenvalue weighted by atomic mass is 10.1. The Balaban J connectivity index is 0.000000591.